The zero-order chi connectivity index (χ0) is 19.2. The third kappa shape index (κ3) is 4.73. The summed E-state index contributed by atoms with van der Waals surface area (Å²) in [6, 6.07) is 17.3. The van der Waals surface area contributed by atoms with Crippen LogP contribution in [0.25, 0.3) is 0 Å². The zero-order valence-electron chi connectivity index (χ0n) is 15.8. The Morgan fingerprint density at radius 1 is 1.11 bits per heavy atom. The first-order valence-electron chi connectivity index (χ1n) is 8.95. The molecule has 0 spiro atoms. The van der Waals surface area contributed by atoms with Gasteiger partial charge in [0.1, 0.15) is 12.3 Å². The highest BCUT2D eigenvalue weighted by atomic mass is 16.5. The van der Waals surface area contributed by atoms with Gasteiger partial charge in [0.05, 0.1) is 18.8 Å². The Balaban J connectivity index is 1.81. The smallest absolute Gasteiger partial charge is 0.242 e. The van der Waals surface area contributed by atoms with Gasteiger partial charge in [0.2, 0.25) is 5.91 Å². The van der Waals surface area contributed by atoms with E-state index in [-0.39, 0.29) is 24.4 Å². The fourth-order valence-corrected chi connectivity index (χ4v) is 2.83. The number of hydrogen-bond donors (Lipinski definition) is 1. The van der Waals surface area contributed by atoms with Crippen molar-refractivity contribution in [3.05, 3.63) is 77.6 Å². The van der Waals surface area contributed by atoms with Crippen molar-refractivity contribution in [2.75, 3.05) is 7.11 Å². The fraction of sp³-hybridized carbons (Fsp3) is 0.286. The van der Waals surface area contributed by atoms with Crippen LogP contribution in [0.1, 0.15) is 42.6 Å². The predicted molar refractivity (Wildman–Crippen MR) is 104 cm³/mol. The zero-order valence-corrected chi connectivity index (χ0v) is 15.8. The molecule has 27 heavy (non-hydrogen) atoms. The van der Waals surface area contributed by atoms with Crippen LogP contribution in [0.3, 0.4) is 0 Å². The number of nitrogens with one attached hydrogen (secondary N) is 1. The highest BCUT2D eigenvalue weighted by Gasteiger charge is 2.18. The largest absolute Gasteiger partial charge is 0.497 e. The number of amides is 1. The number of benzene rings is 2. The summed E-state index contributed by atoms with van der Waals surface area (Å²) < 4.78 is 6.90. The molecule has 0 saturated carbocycles. The highest BCUT2D eigenvalue weighted by Crippen LogP contribution is 2.25. The lowest BCUT2D eigenvalue weighted by Gasteiger charge is -2.20. The summed E-state index contributed by atoms with van der Waals surface area (Å²) in [6.07, 6.45) is 1.81. The molecule has 6 nitrogen and oxygen atoms in total. The topological polar surface area (TPSA) is 69.0 Å². The molecule has 0 fully saturated rings. The molecule has 0 bridgehead atoms. The molecule has 0 aliphatic carbocycles. The molecule has 0 saturated heterocycles. The van der Waals surface area contributed by atoms with Gasteiger partial charge in [-0.3, -0.25) is 4.79 Å². The lowest BCUT2D eigenvalue weighted by molar-refractivity contribution is -0.122. The maximum atomic E-state index is 12.7. The third-order valence-electron chi connectivity index (χ3n) is 4.32. The second-order valence-electron chi connectivity index (χ2n) is 6.68. The minimum absolute atomic E-state index is 0.118. The summed E-state index contributed by atoms with van der Waals surface area (Å²) in [4.78, 5) is 12.7. The summed E-state index contributed by atoms with van der Waals surface area (Å²) in [5, 5.41) is 11.3. The van der Waals surface area contributed by atoms with Crippen LogP contribution in [0, 0.1) is 0 Å². The lowest BCUT2D eigenvalue weighted by Crippen LogP contribution is -2.32. The third-order valence-corrected chi connectivity index (χ3v) is 4.32. The van der Waals surface area contributed by atoms with E-state index >= 15 is 0 Å². The van der Waals surface area contributed by atoms with Crippen molar-refractivity contribution < 1.29 is 9.53 Å². The molecule has 140 valence electrons. The molecule has 6 heteroatoms. The van der Waals surface area contributed by atoms with Gasteiger partial charge in [-0.1, -0.05) is 61.5 Å². The summed E-state index contributed by atoms with van der Waals surface area (Å²) in [7, 11) is 1.63. The minimum Gasteiger partial charge on any atom is -0.497 e. The molecule has 1 unspecified atom stereocenters. The van der Waals surface area contributed by atoms with Crippen molar-refractivity contribution in [2.24, 2.45) is 0 Å². The standard InChI is InChI=1S/C21H24N4O2/c1-15(2)19-13-25(24-23-19)14-20(26)22-21(16-8-5-4-6-9-16)17-10-7-11-18(12-17)27-3/h4-13,15,21H,14H2,1-3H3,(H,22,26). The molecule has 0 aliphatic heterocycles. The normalized spacial score (nSPS) is 12.0. The van der Waals surface area contributed by atoms with Gasteiger partial charge in [-0.15, -0.1) is 5.10 Å². The first-order valence-corrected chi connectivity index (χ1v) is 8.95. The molecule has 1 heterocycles. The molecule has 1 aromatic heterocycles. The number of hydrogen-bond acceptors (Lipinski definition) is 4. The second-order valence-corrected chi connectivity index (χ2v) is 6.68. The molecule has 1 amide bonds. The van der Waals surface area contributed by atoms with Crippen molar-refractivity contribution in [1.29, 1.82) is 0 Å². The Hall–Kier alpha value is -3.15. The summed E-state index contributed by atoms with van der Waals surface area (Å²) >= 11 is 0. The predicted octanol–water partition coefficient (Wildman–Crippen LogP) is 3.32. The van der Waals surface area contributed by atoms with E-state index in [2.05, 4.69) is 15.6 Å². The van der Waals surface area contributed by atoms with Crippen molar-refractivity contribution in [3.63, 3.8) is 0 Å². The fourth-order valence-electron chi connectivity index (χ4n) is 2.83. The van der Waals surface area contributed by atoms with E-state index < -0.39 is 0 Å². The Labute approximate surface area is 159 Å². The molecule has 3 aromatic rings. The van der Waals surface area contributed by atoms with Gasteiger partial charge >= 0.3 is 0 Å². The summed E-state index contributed by atoms with van der Waals surface area (Å²) in [5.41, 5.74) is 2.83. The van der Waals surface area contributed by atoms with Crippen LogP contribution in [0.5, 0.6) is 5.75 Å². The van der Waals surface area contributed by atoms with Crippen molar-refractivity contribution in [3.8, 4) is 5.75 Å². The SMILES string of the molecule is COc1cccc(C(NC(=O)Cn2cc(C(C)C)nn2)c2ccccc2)c1. The maximum absolute atomic E-state index is 12.7. The highest BCUT2D eigenvalue weighted by molar-refractivity contribution is 5.76. The van der Waals surface area contributed by atoms with E-state index in [9.17, 15) is 4.79 Å². The van der Waals surface area contributed by atoms with Gasteiger partial charge in [0.15, 0.2) is 0 Å². The molecule has 2 aromatic carbocycles. The molecule has 0 aliphatic rings. The number of carbonyl (C=O) groups is 1. The van der Waals surface area contributed by atoms with Crippen LogP contribution in [0.2, 0.25) is 0 Å². The van der Waals surface area contributed by atoms with E-state index in [0.717, 1.165) is 22.6 Å². The van der Waals surface area contributed by atoms with E-state index in [4.69, 9.17) is 4.74 Å². The first-order chi connectivity index (χ1) is 13.1. The number of ether oxygens (including phenoxy) is 1. The van der Waals surface area contributed by atoms with Crippen LogP contribution >= 0.6 is 0 Å². The number of rotatable bonds is 7. The number of methoxy groups -OCH3 is 1. The van der Waals surface area contributed by atoms with Gasteiger partial charge in [-0.25, -0.2) is 4.68 Å². The molecule has 1 atom stereocenters. The Morgan fingerprint density at radius 3 is 2.52 bits per heavy atom. The first kappa shape index (κ1) is 18.6. The van der Waals surface area contributed by atoms with E-state index in [1.807, 2.05) is 74.6 Å². The van der Waals surface area contributed by atoms with Gasteiger partial charge in [-0.2, -0.15) is 0 Å². The second kappa shape index (κ2) is 8.49. The van der Waals surface area contributed by atoms with Gasteiger partial charge in [-0.05, 0) is 29.2 Å². The van der Waals surface area contributed by atoms with Crippen molar-refractivity contribution in [2.45, 2.75) is 32.4 Å². The molecule has 1 N–H and O–H groups in total. The van der Waals surface area contributed by atoms with Crippen molar-refractivity contribution in [1.82, 2.24) is 20.3 Å². The Morgan fingerprint density at radius 2 is 1.85 bits per heavy atom. The Kier molecular flexibility index (Phi) is 5.86. The minimum atomic E-state index is -0.276. The number of nitrogens with zero attached hydrogens (tertiary/aromatic N) is 3. The van der Waals surface area contributed by atoms with Crippen LogP contribution in [0.15, 0.2) is 60.8 Å². The lowest BCUT2D eigenvalue weighted by atomic mass is 9.98. The van der Waals surface area contributed by atoms with Crippen LogP contribution in [-0.2, 0) is 11.3 Å². The van der Waals surface area contributed by atoms with Gasteiger partial charge in [0, 0.05) is 6.20 Å². The Bertz CT molecular complexity index is 890. The van der Waals surface area contributed by atoms with Crippen LogP contribution < -0.4 is 10.1 Å². The maximum Gasteiger partial charge on any atom is 0.242 e. The monoisotopic (exact) mass is 364 g/mol. The van der Waals surface area contributed by atoms with Crippen LogP contribution in [-0.4, -0.2) is 28.0 Å². The van der Waals surface area contributed by atoms with Crippen LogP contribution in [0.4, 0.5) is 0 Å². The quantitative estimate of drug-likeness (QED) is 0.698. The molecule has 3 rings (SSSR count). The average molecular weight is 364 g/mol. The summed E-state index contributed by atoms with van der Waals surface area (Å²) in [6.45, 7) is 4.21. The van der Waals surface area contributed by atoms with Crippen molar-refractivity contribution >= 4 is 5.91 Å². The average Bonchev–Trinajstić information content (AvgIpc) is 3.15. The van der Waals surface area contributed by atoms with Gasteiger partial charge in [0.25, 0.3) is 0 Å². The summed E-state index contributed by atoms with van der Waals surface area (Å²) in [5.74, 6) is 0.892. The van der Waals surface area contributed by atoms with Gasteiger partial charge < -0.3 is 10.1 Å². The number of aromatic nitrogens is 3. The molecule has 0 radical (unpaired) electrons. The van der Waals surface area contributed by atoms with E-state index in [1.54, 1.807) is 11.8 Å². The number of carbonyl (C=O) groups excluding carboxylic acids is 1. The van der Waals surface area contributed by atoms with E-state index in [1.165, 1.54) is 0 Å². The van der Waals surface area contributed by atoms with E-state index in [0.29, 0.717) is 0 Å². The molecular weight excluding hydrogens is 340 g/mol. The molecular formula is C21H24N4O2.